The van der Waals surface area contributed by atoms with Gasteiger partial charge in [0.2, 0.25) is 0 Å². The van der Waals surface area contributed by atoms with Gasteiger partial charge >= 0.3 is 5.63 Å². The van der Waals surface area contributed by atoms with Crippen LogP contribution in [-0.4, -0.2) is 20.4 Å². The van der Waals surface area contributed by atoms with Crippen molar-refractivity contribution >= 4 is 16.7 Å². The van der Waals surface area contributed by atoms with Crippen LogP contribution in [0.15, 0.2) is 69.9 Å². The molecule has 4 aromatic rings. The van der Waals surface area contributed by atoms with E-state index < -0.39 is 0 Å². The van der Waals surface area contributed by atoms with Crippen molar-refractivity contribution in [1.82, 2.24) is 0 Å². The number of benzene rings is 3. The standard InChI is InChI=1S/C29H29NO5/c1-4-5-13-33-24-8-6-7-22(15-24)30-17-21-14-26-25(20-9-11-23(32-3)12-10-20)16-27(31)35-29(26)19(2)28(21)34-18-30/h6-12,14-16H,4-5,13,17-18H2,1-3H3. The Kier molecular flexibility index (Phi) is 6.36. The monoisotopic (exact) mass is 471 g/mol. The predicted octanol–water partition coefficient (Wildman–Crippen LogP) is 6.31. The Hall–Kier alpha value is -3.93. The molecule has 0 N–H and O–H groups in total. The SMILES string of the molecule is CCCCOc1cccc(N2COc3c(cc4c(-c5ccc(OC)cc5)cc(=O)oc4c3C)C2)c1. The minimum atomic E-state index is -0.385. The number of ether oxygens (including phenoxy) is 3. The number of nitrogens with zero attached hydrogens (tertiary/aromatic N) is 1. The van der Waals surface area contributed by atoms with Gasteiger partial charge in [-0.2, -0.15) is 0 Å². The summed E-state index contributed by atoms with van der Waals surface area (Å²) in [5.74, 6) is 2.40. The molecule has 1 aromatic heterocycles. The fourth-order valence-corrected chi connectivity index (χ4v) is 4.50. The zero-order valence-electron chi connectivity index (χ0n) is 20.3. The molecule has 3 aromatic carbocycles. The molecule has 6 nitrogen and oxygen atoms in total. The molecule has 180 valence electrons. The highest BCUT2D eigenvalue weighted by atomic mass is 16.5. The van der Waals surface area contributed by atoms with Gasteiger partial charge in [0, 0.05) is 40.9 Å². The first-order chi connectivity index (χ1) is 17.1. The molecular formula is C29H29NO5. The Morgan fingerprint density at radius 3 is 2.63 bits per heavy atom. The second kappa shape index (κ2) is 9.74. The van der Waals surface area contributed by atoms with E-state index >= 15 is 0 Å². The molecule has 0 spiro atoms. The molecular weight excluding hydrogens is 442 g/mol. The third-order valence-electron chi connectivity index (χ3n) is 6.37. The van der Waals surface area contributed by atoms with E-state index in [-0.39, 0.29) is 5.63 Å². The quantitative estimate of drug-likeness (QED) is 0.232. The molecule has 2 heterocycles. The molecule has 5 rings (SSSR count). The molecule has 1 aliphatic rings. The fraction of sp³-hybridized carbons (Fsp3) is 0.276. The van der Waals surface area contributed by atoms with E-state index in [0.29, 0.717) is 25.5 Å². The lowest BCUT2D eigenvalue weighted by Crippen LogP contribution is -2.32. The fourth-order valence-electron chi connectivity index (χ4n) is 4.50. The summed E-state index contributed by atoms with van der Waals surface area (Å²) >= 11 is 0. The predicted molar refractivity (Wildman–Crippen MR) is 138 cm³/mol. The van der Waals surface area contributed by atoms with E-state index in [9.17, 15) is 4.79 Å². The van der Waals surface area contributed by atoms with Crippen LogP contribution in [0.4, 0.5) is 5.69 Å². The van der Waals surface area contributed by atoms with E-state index in [0.717, 1.165) is 63.4 Å². The van der Waals surface area contributed by atoms with Gasteiger partial charge in [0.05, 0.1) is 13.7 Å². The molecule has 0 fully saturated rings. The number of hydrogen-bond donors (Lipinski definition) is 0. The minimum absolute atomic E-state index is 0.385. The summed E-state index contributed by atoms with van der Waals surface area (Å²) < 4.78 is 23.0. The zero-order chi connectivity index (χ0) is 24.4. The van der Waals surface area contributed by atoms with Crippen LogP contribution in [0.3, 0.4) is 0 Å². The van der Waals surface area contributed by atoms with Crippen LogP contribution in [0.2, 0.25) is 0 Å². The molecule has 0 saturated carbocycles. The van der Waals surface area contributed by atoms with Crippen molar-refractivity contribution in [2.75, 3.05) is 25.3 Å². The van der Waals surface area contributed by atoms with Crippen molar-refractivity contribution in [3.05, 3.63) is 82.2 Å². The average molecular weight is 472 g/mol. The number of unbranched alkanes of at least 4 members (excludes halogenated alkanes) is 1. The van der Waals surface area contributed by atoms with Crippen molar-refractivity contribution in [3.63, 3.8) is 0 Å². The van der Waals surface area contributed by atoms with Gasteiger partial charge in [0.25, 0.3) is 0 Å². The van der Waals surface area contributed by atoms with Crippen LogP contribution in [0.25, 0.3) is 22.1 Å². The molecule has 1 aliphatic heterocycles. The Balaban J connectivity index is 1.52. The van der Waals surface area contributed by atoms with Gasteiger partial charge in [-0.3, -0.25) is 0 Å². The zero-order valence-corrected chi connectivity index (χ0v) is 20.3. The van der Waals surface area contributed by atoms with Crippen LogP contribution in [0.1, 0.15) is 30.9 Å². The van der Waals surface area contributed by atoms with E-state index in [1.807, 2.05) is 43.3 Å². The second-order valence-electron chi connectivity index (χ2n) is 8.74. The Morgan fingerprint density at radius 2 is 1.86 bits per heavy atom. The van der Waals surface area contributed by atoms with Crippen LogP contribution in [0.5, 0.6) is 17.2 Å². The lowest BCUT2D eigenvalue weighted by Gasteiger charge is -2.32. The van der Waals surface area contributed by atoms with Gasteiger partial charge < -0.3 is 23.5 Å². The van der Waals surface area contributed by atoms with Gasteiger partial charge in [-0.15, -0.1) is 0 Å². The summed E-state index contributed by atoms with van der Waals surface area (Å²) in [5.41, 5.74) is 4.84. The van der Waals surface area contributed by atoms with E-state index in [1.54, 1.807) is 13.2 Å². The summed E-state index contributed by atoms with van der Waals surface area (Å²) in [6.07, 6.45) is 2.13. The van der Waals surface area contributed by atoms with Crippen LogP contribution in [-0.2, 0) is 6.54 Å². The van der Waals surface area contributed by atoms with Gasteiger partial charge in [-0.05, 0) is 54.8 Å². The van der Waals surface area contributed by atoms with Crippen molar-refractivity contribution < 1.29 is 18.6 Å². The van der Waals surface area contributed by atoms with Crippen molar-refractivity contribution in [1.29, 1.82) is 0 Å². The van der Waals surface area contributed by atoms with Crippen molar-refractivity contribution in [2.45, 2.75) is 33.2 Å². The maximum absolute atomic E-state index is 12.4. The Labute approximate surface area is 204 Å². The number of rotatable bonds is 7. The molecule has 0 aliphatic carbocycles. The Morgan fingerprint density at radius 1 is 1.03 bits per heavy atom. The van der Waals surface area contributed by atoms with Gasteiger partial charge in [-0.25, -0.2) is 4.79 Å². The number of methoxy groups -OCH3 is 1. The highest BCUT2D eigenvalue weighted by molar-refractivity contribution is 5.96. The largest absolute Gasteiger partial charge is 0.497 e. The maximum atomic E-state index is 12.4. The summed E-state index contributed by atoms with van der Waals surface area (Å²) in [4.78, 5) is 14.6. The highest BCUT2D eigenvalue weighted by Gasteiger charge is 2.24. The maximum Gasteiger partial charge on any atom is 0.336 e. The molecule has 0 atom stereocenters. The lowest BCUT2D eigenvalue weighted by atomic mass is 9.96. The molecule has 0 amide bonds. The normalized spacial score (nSPS) is 12.8. The molecule has 6 heteroatoms. The third kappa shape index (κ3) is 4.56. The summed E-state index contributed by atoms with van der Waals surface area (Å²) in [6, 6.07) is 19.4. The first-order valence-electron chi connectivity index (χ1n) is 11.9. The van der Waals surface area contributed by atoms with Crippen molar-refractivity contribution in [2.24, 2.45) is 0 Å². The number of hydrogen-bond acceptors (Lipinski definition) is 6. The first-order valence-corrected chi connectivity index (χ1v) is 11.9. The smallest absolute Gasteiger partial charge is 0.336 e. The average Bonchev–Trinajstić information content (AvgIpc) is 2.89. The second-order valence-corrected chi connectivity index (χ2v) is 8.74. The number of aryl methyl sites for hydroxylation is 1. The number of anilines is 1. The van der Waals surface area contributed by atoms with Crippen LogP contribution in [0, 0.1) is 6.92 Å². The van der Waals surface area contributed by atoms with E-state index in [2.05, 4.69) is 30.0 Å². The van der Waals surface area contributed by atoms with Gasteiger partial charge in [0.1, 0.15) is 22.8 Å². The van der Waals surface area contributed by atoms with Crippen LogP contribution >= 0.6 is 0 Å². The molecule has 0 radical (unpaired) electrons. The molecule has 0 saturated heterocycles. The van der Waals surface area contributed by atoms with E-state index in [1.165, 1.54) is 0 Å². The van der Waals surface area contributed by atoms with E-state index in [4.69, 9.17) is 18.6 Å². The number of fused-ring (bicyclic) bond motifs is 2. The first kappa shape index (κ1) is 22.8. The van der Waals surface area contributed by atoms with Gasteiger partial charge in [0.15, 0.2) is 6.73 Å². The molecule has 0 unspecified atom stereocenters. The molecule has 0 bridgehead atoms. The summed E-state index contributed by atoms with van der Waals surface area (Å²) in [5, 5.41) is 0.883. The van der Waals surface area contributed by atoms with Crippen LogP contribution < -0.4 is 24.7 Å². The Bertz CT molecular complexity index is 1410. The lowest BCUT2D eigenvalue weighted by molar-refractivity contribution is 0.286. The highest BCUT2D eigenvalue weighted by Crippen LogP contribution is 2.39. The topological polar surface area (TPSA) is 61.1 Å². The van der Waals surface area contributed by atoms with Crippen molar-refractivity contribution in [3.8, 4) is 28.4 Å². The minimum Gasteiger partial charge on any atom is -0.497 e. The molecule has 35 heavy (non-hydrogen) atoms. The third-order valence-corrected chi connectivity index (χ3v) is 6.37. The van der Waals surface area contributed by atoms with Gasteiger partial charge in [-0.1, -0.05) is 31.5 Å². The summed E-state index contributed by atoms with van der Waals surface area (Å²) in [7, 11) is 1.63. The summed E-state index contributed by atoms with van der Waals surface area (Å²) in [6.45, 7) is 5.88.